The first kappa shape index (κ1) is 20.3. The van der Waals surface area contributed by atoms with Crippen LogP contribution in [0.25, 0.3) is 0 Å². The van der Waals surface area contributed by atoms with E-state index in [1.165, 1.54) is 7.11 Å². The zero-order valence-corrected chi connectivity index (χ0v) is 17.0. The highest BCUT2D eigenvalue weighted by Gasteiger charge is 2.53. The highest BCUT2D eigenvalue weighted by atomic mass is 32.2. The van der Waals surface area contributed by atoms with Crippen LogP contribution >= 0.6 is 11.8 Å². The van der Waals surface area contributed by atoms with Gasteiger partial charge in [-0.25, -0.2) is 4.79 Å². The number of benzene rings is 1. The predicted molar refractivity (Wildman–Crippen MR) is 103 cm³/mol. The lowest BCUT2D eigenvalue weighted by Crippen LogP contribution is -2.47. The van der Waals surface area contributed by atoms with Crippen LogP contribution in [-0.2, 0) is 25.7 Å². The van der Waals surface area contributed by atoms with Crippen LogP contribution < -0.4 is 14.8 Å². The summed E-state index contributed by atoms with van der Waals surface area (Å²) in [4.78, 5) is 37.8. The third-order valence-corrected chi connectivity index (χ3v) is 6.51. The van der Waals surface area contributed by atoms with Crippen molar-refractivity contribution in [2.45, 2.75) is 37.2 Å². The lowest BCUT2D eigenvalue weighted by atomic mass is 10.2. The summed E-state index contributed by atoms with van der Waals surface area (Å²) in [5, 5.41) is 2.70. The molecule has 9 heteroatoms. The number of fused-ring (bicyclic) bond motifs is 1. The van der Waals surface area contributed by atoms with Crippen molar-refractivity contribution >= 4 is 29.5 Å². The van der Waals surface area contributed by atoms with E-state index in [2.05, 4.69) is 5.32 Å². The highest BCUT2D eigenvalue weighted by molar-refractivity contribution is 8.01. The number of nitrogens with one attached hydrogen (secondary N) is 1. The van der Waals surface area contributed by atoms with E-state index < -0.39 is 17.9 Å². The van der Waals surface area contributed by atoms with Crippen molar-refractivity contribution in [3.63, 3.8) is 0 Å². The van der Waals surface area contributed by atoms with E-state index in [0.717, 1.165) is 12.0 Å². The molecular formula is C19H24N2O6S. The topological polar surface area (TPSA) is 94.2 Å². The smallest absolute Gasteiger partial charge is 0.330 e. The standard InChI is InChI=1S/C19H24N2O6S/c1-19-7-6-17(23)21(19)13(11-28-19)18(24)27-10-16(22)20-9-12-4-5-14(25-2)15(8-12)26-3/h4-5,8,13H,6-7,9-11H2,1-3H3,(H,20,22)/t13-,19+/m1/s1. The van der Waals surface area contributed by atoms with Gasteiger partial charge in [0, 0.05) is 18.7 Å². The largest absolute Gasteiger partial charge is 0.493 e. The first-order valence-corrected chi connectivity index (χ1v) is 9.97. The first-order chi connectivity index (χ1) is 13.4. The second-order valence-electron chi connectivity index (χ2n) is 6.84. The quantitative estimate of drug-likeness (QED) is 0.680. The van der Waals surface area contributed by atoms with Crippen molar-refractivity contribution in [2.24, 2.45) is 0 Å². The fourth-order valence-corrected chi connectivity index (χ4v) is 4.89. The lowest BCUT2D eigenvalue weighted by molar-refractivity contribution is -0.156. The Labute approximate surface area is 167 Å². The number of hydrogen-bond acceptors (Lipinski definition) is 7. The molecule has 3 rings (SSSR count). The molecule has 2 fully saturated rings. The molecule has 2 amide bonds. The zero-order chi connectivity index (χ0) is 20.3. The van der Waals surface area contributed by atoms with Gasteiger partial charge in [0.15, 0.2) is 18.1 Å². The van der Waals surface area contributed by atoms with E-state index in [9.17, 15) is 14.4 Å². The number of carbonyl (C=O) groups is 3. The number of thioether (sulfide) groups is 1. The molecule has 1 aromatic rings. The molecule has 0 radical (unpaired) electrons. The van der Waals surface area contributed by atoms with Crippen LogP contribution in [0.15, 0.2) is 18.2 Å². The van der Waals surface area contributed by atoms with E-state index in [0.29, 0.717) is 23.7 Å². The van der Waals surface area contributed by atoms with Crippen molar-refractivity contribution in [1.82, 2.24) is 10.2 Å². The Morgan fingerprint density at radius 1 is 1.29 bits per heavy atom. The minimum atomic E-state index is -0.622. The van der Waals surface area contributed by atoms with Crippen LogP contribution in [0.4, 0.5) is 0 Å². The molecule has 2 aliphatic heterocycles. The van der Waals surface area contributed by atoms with Crippen LogP contribution in [0, 0.1) is 0 Å². The fourth-order valence-electron chi connectivity index (χ4n) is 3.47. The summed E-state index contributed by atoms with van der Waals surface area (Å²) in [6, 6.07) is 4.70. The zero-order valence-electron chi connectivity index (χ0n) is 16.1. The minimum absolute atomic E-state index is 0.0349. The molecule has 0 unspecified atom stereocenters. The molecule has 0 saturated carbocycles. The summed E-state index contributed by atoms with van der Waals surface area (Å²) in [5.74, 6) is 0.681. The molecule has 0 aliphatic carbocycles. The molecule has 8 nitrogen and oxygen atoms in total. The van der Waals surface area contributed by atoms with E-state index in [4.69, 9.17) is 14.2 Å². The Bertz CT molecular complexity index is 786. The number of nitrogens with zero attached hydrogens (tertiary/aromatic N) is 1. The normalized spacial score (nSPS) is 23.3. The van der Waals surface area contributed by atoms with Gasteiger partial charge in [-0.15, -0.1) is 11.8 Å². The van der Waals surface area contributed by atoms with Crippen molar-refractivity contribution in [3.8, 4) is 11.5 Å². The lowest BCUT2D eigenvalue weighted by Gasteiger charge is -2.29. The van der Waals surface area contributed by atoms with E-state index in [-0.39, 0.29) is 23.9 Å². The maximum absolute atomic E-state index is 12.4. The third kappa shape index (κ3) is 4.04. The van der Waals surface area contributed by atoms with Crippen molar-refractivity contribution in [1.29, 1.82) is 0 Å². The van der Waals surface area contributed by atoms with Crippen molar-refractivity contribution < 1.29 is 28.6 Å². The summed E-state index contributed by atoms with van der Waals surface area (Å²) in [6.45, 7) is 1.84. The van der Waals surface area contributed by atoms with Crippen molar-refractivity contribution in [3.05, 3.63) is 23.8 Å². The Kier molecular flexibility index (Phi) is 6.02. The number of esters is 1. The summed E-state index contributed by atoms with van der Waals surface area (Å²) in [7, 11) is 3.09. The van der Waals surface area contributed by atoms with Crippen LogP contribution in [-0.4, -0.2) is 60.2 Å². The minimum Gasteiger partial charge on any atom is -0.493 e. The predicted octanol–water partition coefficient (Wildman–Crippen LogP) is 1.32. The molecule has 28 heavy (non-hydrogen) atoms. The molecule has 2 saturated heterocycles. The van der Waals surface area contributed by atoms with Gasteiger partial charge in [-0.2, -0.15) is 0 Å². The number of amides is 2. The molecule has 2 heterocycles. The van der Waals surface area contributed by atoms with Gasteiger partial charge in [-0.1, -0.05) is 6.07 Å². The van der Waals surface area contributed by atoms with Gasteiger partial charge in [0.25, 0.3) is 5.91 Å². The Morgan fingerprint density at radius 3 is 2.75 bits per heavy atom. The number of ether oxygens (including phenoxy) is 3. The van der Waals surface area contributed by atoms with Gasteiger partial charge in [-0.05, 0) is 31.0 Å². The molecule has 1 N–H and O–H groups in total. The van der Waals surface area contributed by atoms with Gasteiger partial charge in [0.1, 0.15) is 6.04 Å². The fraction of sp³-hybridized carbons (Fsp3) is 0.526. The number of rotatable bonds is 7. The average molecular weight is 408 g/mol. The number of carbonyl (C=O) groups excluding carboxylic acids is 3. The van der Waals surface area contributed by atoms with Crippen LogP contribution in [0.3, 0.4) is 0 Å². The summed E-state index contributed by atoms with van der Waals surface area (Å²) >= 11 is 1.59. The third-order valence-electron chi connectivity index (χ3n) is 5.00. The van der Waals surface area contributed by atoms with Gasteiger partial charge in [-0.3, -0.25) is 9.59 Å². The Balaban J connectivity index is 1.48. The second kappa shape index (κ2) is 8.30. The van der Waals surface area contributed by atoms with Crippen LogP contribution in [0.1, 0.15) is 25.3 Å². The van der Waals surface area contributed by atoms with Gasteiger partial charge < -0.3 is 24.4 Å². The highest BCUT2D eigenvalue weighted by Crippen LogP contribution is 2.47. The molecule has 1 aromatic carbocycles. The summed E-state index contributed by atoms with van der Waals surface area (Å²) in [6.07, 6.45) is 1.17. The van der Waals surface area contributed by atoms with E-state index >= 15 is 0 Å². The molecule has 0 bridgehead atoms. The second-order valence-corrected chi connectivity index (χ2v) is 8.34. The monoisotopic (exact) mass is 408 g/mol. The maximum Gasteiger partial charge on any atom is 0.330 e. The first-order valence-electron chi connectivity index (χ1n) is 8.98. The van der Waals surface area contributed by atoms with Crippen LogP contribution in [0.5, 0.6) is 11.5 Å². The summed E-state index contributed by atoms with van der Waals surface area (Å²) in [5.41, 5.74) is 0.822. The molecule has 2 atom stereocenters. The molecule has 2 aliphatic rings. The SMILES string of the molecule is COc1ccc(CNC(=O)COC(=O)[C@H]2CS[C@@]3(C)CCC(=O)N23)cc1OC. The van der Waals surface area contributed by atoms with Crippen LogP contribution in [0.2, 0.25) is 0 Å². The molecule has 152 valence electrons. The Morgan fingerprint density at radius 2 is 2.04 bits per heavy atom. The van der Waals surface area contributed by atoms with E-state index in [1.54, 1.807) is 35.9 Å². The van der Waals surface area contributed by atoms with E-state index in [1.807, 2.05) is 13.0 Å². The molecule has 0 spiro atoms. The maximum atomic E-state index is 12.4. The Hall–Kier alpha value is -2.42. The number of methoxy groups -OCH3 is 2. The molecular weight excluding hydrogens is 384 g/mol. The van der Waals surface area contributed by atoms with Gasteiger partial charge >= 0.3 is 5.97 Å². The van der Waals surface area contributed by atoms with Gasteiger partial charge in [0.2, 0.25) is 5.91 Å². The van der Waals surface area contributed by atoms with Crippen molar-refractivity contribution in [2.75, 3.05) is 26.6 Å². The average Bonchev–Trinajstić information content (AvgIpc) is 3.19. The van der Waals surface area contributed by atoms with Gasteiger partial charge in [0.05, 0.1) is 19.1 Å². The number of hydrogen-bond donors (Lipinski definition) is 1. The molecule has 0 aromatic heterocycles. The summed E-state index contributed by atoms with van der Waals surface area (Å²) < 4.78 is 15.6.